The first kappa shape index (κ1) is 32.4. The van der Waals surface area contributed by atoms with E-state index < -0.39 is 55.9 Å². The van der Waals surface area contributed by atoms with Crippen LogP contribution in [0.5, 0.6) is 5.75 Å². The lowest BCUT2D eigenvalue weighted by atomic mass is 10.1. The molecule has 0 aliphatic rings. The van der Waals surface area contributed by atoms with Gasteiger partial charge in [-0.3, -0.25) is 0 Å². The highest BCUT2D eigenvalue weighted by Gasteiger charge is 2.85. The van der Waals surface area contributed by atoms with Crippen LogP contribution in [0.25, 0.3) is 0 Å². The maximum absolute atomic E-state index is 14.1. The maximum Gasteiger partial charge on any atom is 0.461 e. The van der Waals surface area contributed by atoms with Crippen molar-refractivity contribution in [2.24, 2.45) is 0 Å². The van der Waals surface area contributed by atoms with Crippen LogP contribution in [-0.2, 0) is 18.5 Å². The summed E-state index contributed by atoms with van der Waals surface area (Å²) in [5, 5.41) is 2.68. The molecular weight excluding hydrogens is 583 g/mol. The predicted octanol–water partition coefficient (Wildman–Crippen LogP) is 6.32. The third kappa shape index (κ3) is 5.31. The largest absolute Gasteiger partial charge is 0.507 e. The number of aromatic hydroxyl groups is 1. The Morgan fingerprint density at radius 2 is 1.11 bits per heavy atom. The molecule has 0 fully saturated rings. The Bertz CT molecular complexity index is 1080. The first-order chi connectivity index (χ1) is 15.5. The predicted molar refractivity (Wildman–Crippen MR) is 97.2 cm³/mol. The molecule has 0 saturated heterocycles. The molecule has 20 heteroatoms. The fourth-order valence-electron chi connectivity index (χ4n) is 2.30. The van der Waals surface area contributed by atoms with Crippen LogP contribution in [-0.4, -0.2) is 61.5 Å². The highest BCUT2D eigenvalue weighted by Crippen LogP contribution is 2.58. The fourth-order valence-corrected chi connectivity index (χ4v) is 6.00. The van der Waals surface area contributed by atoms with Gasteiger partial charge in [-0.05, 0) is 49.6 Å². The van der Waals surface area contributed by atoms with Gasteiger partial charge in [0.15, 0.2) is 0 Å². The Morgan fingerprint density at radius 3 is 1.47 bits per heavy atom. The highest BCUT2D eigenvalue weighted by atomic mass is 32.3. The van der Waals surface area contributed by atoms with Crippen molar-refractivity contribution in [2.75, 3.05) is 12.5 Å². The summed E-state index contributed by atoms with van der Waals surface area (Å²) in [6.45, 7) is 2.48. The SMILES string of the molecule is Cc1cc(S(C)(C)OS(=O)(=O)C(F)(F)C(F)(F)OC(F)(F)C(F)(F)C(F)(F)C(F)(F)F)cc(C)c1O. The monoisotopic (exact) mass is 598 g/mol. The van der Waals surface area contributed by atoms with Gasteiger partial charge in [0.1, 0.15) is 5.75 Å². The summed E-state index contributed by atoms with van der Waals surface area (Å²) >= 11 is 0. The lowest BCUT2D eigenvalue weighted by Gasteiger charge is -2.37. The van der Waals surface area contributed by atoms with E-state index in [1.54, 1.807) is 4.74 Å². The number of hydrogen-bond donors (Lipinski definition) is 1. The van der Waals surface area contributed by atoms with Gasteiger partial charge in [-0.2, -0.15) is 65.5 Å². The lowest BCUT2D eigenvalue weighted by molar-refractivity contribution is -0.495. The van der Waals surface area contributed by atoms with E-state index in [0.29, 0.717) is 0 Å². The molecular formula is C16H15F13O5S2. The van der Waals surface area contributed by atoms with E-state index in [1.807, 2.05) is 0 Å². The van der Waals surface area contributed by atoms with Crippen LogP contribution in [0.15, 0.2) is 17.0 Å². The van der Waals surface area contributed by atoms with Gasteiger partial charge in [-0.1, -0.05) is 10.3 Å². The van der Waals surface area contributed by atoms with Gasteiger partial charge in [0.05, 0.1) is 0 Å². The molecule has 0 atom stereocenters. The van der Waals surface area contributed by atoms with Crippen molar-refractivity contribution in [2.45, 2.75) is 54.2 Å². The van der Waals surface area contributed by atoms with Crippen molar-refractivity contribution >= 4 is 20.4 Å². The zero-order valence-electron chi connectivity index (χ0n) is 18.0. The first-order valence-electron chi connectivity index (χ1n) is 8.63. The van der Waals surface area contributed by atoms with Crippen molar-refractivity contribution < 1.29 is 79.0 Å². The molecule has 1 N–H and O–H groups in total. The van der Waals surface area contributed by atoms with Crippen molar-refractivity contribution in [1.82, 2.24) is 0 Å². The molecule has 0 radical (unpaired) electrons. The van der Waals surface area contributed by atoms with Crippen LogP contribution >= 0.6 is 10.3 Å². The normalized spacial score (nSPS) is 15.8. The molecule has 1 aromatic rings. The van der Waals surface area contributed by atoms with Crippen LogP contribution < -0.4 is 0 Å². The summed E-state index contributed by atoms with van der Waals surface area (Å²) in [7, 11) is -10.8. The van der Waals surface area contributed by atoms with Gasteiger partial charge in [0, 0.05) is 4.90 Å². The molecule has 0 bridgehead atoms. The van der Waals surface area contributed by atoms with E-state index in [1.165, 1.54) is 13.8 Å². The molecule has 0 spiro atoms. The molecule has 0 unspecified atom stereocenters. The Balaban J connectivity index is 3.45. The number of alkyl halides is 13. The van der Waals surface area contributed by atoms with Crippen molar-refractivity contribution in [1.29, 1.82) is 0 Å². The van der Waals surface area contributed by atoms with Gasteiger partial charge in [0.2, 0.25) is 0 Å². The van der Waals surface area contributed by atoms with E-state index in [-0.39, 0.29) is 21.8 Å². The summed E-state index contributed by atoms with van der Waals surface area (Å²) in [5.41, 5.74) is 0.0268. The third-order valence-corrected chi connectivity index (χ3v) is 8.63. The summed E-state index contributed by atoms with van der Waals surface area (Å²) in [4.78, 5) is -0.305. The second-order valence-electron chi connectivity index (χ2n) is 7.46. The number of ether oxygens (including phenoxy) is 1. The van der Waals surface area contributed by atoms with Gasteiger partial charge in [-0.25, -0.2) is 8.37 Å². The van der Waals surface area contributed by atoms with E-state index >= 15 is 0 Å². The highest BCUT2D eigenvalue weighted by molar-refractivity contribution is 8.32. The summed E-state index contributed by atoms with van der Waals surface area (Å²) in [6, 6.07) is 1.93. The summed E-state index contributed by atoms with van der Waals surface area (Å²) < 4.78 is 200. The summed E-state index contributed by atoms with van der Waals surface area (Å²) in [5.74, 6) is -16.0. The van der Waals surface area contributed by atoms with E-state index in [9.17, 15) is 70.6 Å². The minimum Gasteiger partial charge on any atom is -0.507 e. The van der Waals surface area contributed by atoms with Crippen LogP contribution in [0.2, 0.25) is 0 Å². The molecule has 1 aromatic carbocycles. The zero-order chi connectivity index (χ0) is 29.1. The number of benzene rings is 1. The topological polar surface area (TPSA) is 72.8 Å². The second-order valence-corrected chi connectivity index (χ2v) is 12.4. The average molecular weight is 598 g/mol. The average Bonchev–Trinajstić information content (AvgIpc) is 2.62. The van der Waals surface area contributed by atoms with Crippen LogP contribution in [0, 0.1) is 13.8 Å². The number of phenols is 1. The molecule has 0 heterocycles. The van der Waals surface area contributed by atoms with Crippen molar-refractivity contribution in [3.8, 4) is 5.75 Å². The number of hydrogen-bond acceptors (Lipinski definition) is 5. The first-order valence-corrected chi connectivity index (χ1v) is 12.4. The Kier molecular flexibility index (Phi) is 8.06. The summed E-state index contributed by atoms with van der Waals surface area (Å²) in [6.07, 6.45) is -21.0. The fraction of sp³-hybridized carbons (Fsp3) is 0.625. The molecule has 0 aliphatic heterocycles. The minimum atomic E-state index is -7.91. The van der Waals surface area contributed by atoms with E-state index in [4.69, 9.17) is 0 Å². The van der Waals surface area contributed by atoms with Crippen LogP contribution in [0.4, 0.5) is 57.1 Å². The maximum atomic E-state index is 14.1. The Hall–Kier alpha value is -1.67. The molecule has 0 saturated carbocycles. The zero-order valence-corrected chi connectivity index (χ0v) is 19.6. The van der Waals surface area contributed by atoms with Gasteiger partial charge < -0.3 is 5.11 Å². The second kappa shape index (κ2) is 8.97. The quantitative estimate of drug-likeness (QED) is 0.337. The van der Waals surface area contributed by atoms with Gasteiger partial charge in [0.25, 0.3) is 0 Å². The molecule has 5 nitrogen and oxygen atoms in total. The molecule has 36 heavy (non-hydrogen) atoms. The molecule has 0 aliphatic carbocycles. The minimum absolute atomic E-state index is 0.0134. The smallest absolute Gasteiger partial charge is 0.461 e. The third-order valence-electron chi connectivity index (χ3n) is 4.32. The number of rotatable bonds is 9. The molecule has 212 valence electrons. The van der Waals surface area contributed by atoms with E-state index in [2.05, 4.69) is 3.63 Å². The van der Waals surface area contributed by atoms with Gasteiger partial charge in [-0.15, -0.1) is 0 Å². The van der Waals surface area contributed by atoms with E-state index in [0.717, 1.165) is 24.6 Å². The van der Waals surface area contributed by atoms with Crippen LogP contribution in [0.3, 0.4) is 0 Å². The number of phenolic OH excluding ortho intramolecular Hbond substituents is 1. The molecule has 0 aromatic heterocycles. The van der Waals surface area contributed by atoms with Crippen LogP contribution in [0.1, 0.15) is 11.1 Å². The molecule has 1 rings (SSSR count). The molecule has 0 amide bonds. The number of aryl methyl sites for hydroxylation is 2. The Morgan fingerprint density at radius 1 is 0.722 bits per heavy atom. The Labute approximate surface area is 195 Å². The van der Waals surface area contributed by atoms with Crippen molar-refractivity contribution in [3.63, 3.8) is 0 Å². The van der Waals surface area contributed by atoms with Gasteiger partial charge >= 0.3 is 45.6 Å². The van der Waals surface area contributed by atoms with Crippen molar-refractivity contribution in [3.05, 3.63) is 23.3 Å². The standard InChI is InChI=1S/C16H15F13O5S2/c1-7-5-9(6-8(2)10(7)30)35(3,4)34-36(31,32)16(28,29)15(26,27)33-14(24,25)12(19,20)11(17,18)13(21,22)23/h5-6,30H,1-4H3. The lowest BCUT2D eigenvalue weighted by Crippen LogP contribution is -2.64. The number of halogens is 13.